The second-order valence-corrected chi connectivity index (χ2v) is 7.21. The largest absolute Gasteiger partial charge is 0.309 e. The number of fused-ring (bicyclic) bond motifs is 1. The fourth-order valence-electron chi connectivity index (χ4n) is 2.24. The van der Waals surface area contributed by atoms with E-state index in [1.54, 1.807) is 18.2 Å². The summed E-state index contributed by atoms with van der Waals surface area (Å²) in [7, 11) is 0. The summed E-state index contributed by atoms with van der Waals surface area (Å²) < 4.78 is 0. The molecule has 0 saturated carbocycles. The number of aromatic nitrogens is 2. The minimum absolute atomic E-state index is 0.0590. The molecule has 3 rings (SSSR count). The highest BCUT2D eigenvalue weighted by Crippen LogP contribution is 2.31. The number of hydrogen-bond donors (Lipinski definition) is 1. The zero-order valence-corrected chi connectivity index (χ0v) is 14.1. The smallest absolute Gasteiger partial charge is 0.282 e. The standard InChI is InChI=1S/C15H13N3O3S2/c1-8-9(2)23-15-13(8)14(19)16-12(17-15)7-22-11-6-4-3-5-10(11)18(20)21/h3-6H,7H2,1-2H3,(H,16,17,19). The van der Waals surface area contributed by atoms with Gasteiger partial charge in [0.25, 0.3) is 11.2 Å². The van der Waals surface area contributed by atoms with Crippen molar-refractivity contribution in [2.45, 2.75) is 24.5 Å². The Morgan fingerprint density at radius 3 is 2.83 bits per heavy atom. The number of nitro groups is 1. The molecule has 2 heterocycles. The van der Waals surface area contributed by atoms with Crippen LogP contribution in [0.2, 0.25) is 0 Å². The van der Waals surface area contributed by atoms with Crippen LogP contribution in [0.25, 0.3) is 10.2 Å². The highest BCUT2D eigenvalue weighted by atomic mass is 32.2. The van der Waals surface area contributed by atoms with E-state index in [4.69, 9.17) is 0 Å². The lowest BCUT2D eigenvalue weighted by Gasteiger charge is -2.03. The van der Waals surface area contributed by atoms with E-state index >= 15 is 0 Å². The molecular weight excluding hydrogens is 334 g/mol. The molecule has 0 fully saturated rings. The molecule has 0 aliphatic heterocycles. The number of aryl methyl sites for hydroxylation is 2. The van der Waals surface area contributed by atoms with Gasteiger partial charge in [-0.05, 0) is 25.5 Å². The Morgan fingerprint density at radius 2 is 2.09 bits per heavy atom. The first kappa shape index (κ1) is 15.7. The Kier molecular flexibility index (Phi) is 4.18. The minimum atomic E-state index is -0.409. The van der Waals surface area contributed by atoms with Gasteiger partial charge < -0.3 is 4.98 Å². The van der Waals surface area contributed by atoms with Crippen LogP contribution < -0.4 is 5.56 Å². The molecule has 1 N–H and O–H groups in total. The summed E-state index contributed by atoms with van der Waals surface area (Å²) in [4.78, 5) is 32.4. The molecule has 118 valence electrons. The fraction of sp³-hybridized carbons (Fsp3) is 0.200. The maximum absolute atomic E-state index is 12.2. The first-order valence-corrected chi connectivity index (χ1v) is 8.62. The van der Waals surface area contributed by atoms with Crippen molar-refractivity contribution in [2.24, 2.45) is 0 Å². The van der Waals surface area contributed by atoms with Crippen LogP contribution in [0.5, 0.6) is 0 Å². The zero-order chi connectivity index (χ0) is 16.6. The Bertz CT molecular complexity index is 962. The van der Waals surface area contributed by atoms with E-state index in [0.717, 1.165) is 10.4 Å². The summed E-state index contributed by atoms with van der Waals surface area (Å²) in [6.07, 6.45) is 0. The summed E-state index contributed by atoms with van der Waals surface area (Å²) in [5.74, 6) is 0.887. The van der Waals surface area contributed by atoms with E-state index in [1.165, 1.54) is 29.2 Å². The molecule has 0 spiro atoms. The van der Waals surface area contributed by atoms with E-state index in [0.29, 0.717) is 26.7 Å². The summed E-state index contributed by atoms with van der Waals surface area (Å²) in [5, 5.41) is 11.7. The number of benzene rings is 1. The lowest BCUT2D eigenvalue weighted by atomic mass is 10.2. The molecule has 0 amide bonds. The topological polar surface area (TPSA) is 88.9 Å². The Balaban J connectivity index is 1.91. The third-order valence-corrected chi connectivity index (χ3v) is 5.69. The predicted octanol–water partition coefficient (Wildman–Crippen LogP) is 3.80. The van der Waals surface area contributed by atoms with Crippen molar-refractivity contribution in [3.8, 4) is 0 Å². The van der Waals surface area contributed by atoms with Gasteiger partial charge in [-0.25, -0.2) is 4.98 Å². The number of nitrogens with one attached hydrogen (secondary N) is 1. The zero-order valence-electron chi connectivity index (χ0n) is 12.5. The molecule has 0 aliphatic carbocycles. The van der Waals surface area contributed by atoms with Crippen LogP contribution in [-0.4, -0.2) is 14.9 Å². The molecule has 1 aromatic carbocycles. The first-order chi connectivity index (χ1) is 11.0. The maximum atomic E-state index is 12.2. The predicted molar refractivity (Wildman–Crippen MR) is 92.4 cm³/mol. The van der Waals surface area contributed by atoms with Crippen LogP contribution in [0.3, 0.4) is 0 Å². The normalized spacial score (nSPS) is 11.0. The van der Waals surface area contributed by atoms with Crippen LogP contribution in [0.15, 0.2) is 34.0 Å². The van der Waals surface area contributed by atoms with E-state index in [9.17, 15) is 14.9 Å². The Morgan fingerprint density at radius 1 is 1.35 bits per heavy atom. The second-order valence-electron chi connectivity index (χ2n) is 4.99. The molecule has 0 radical (unpaired) electrons. The molecule has 0 atom stereocenters. The molecule has 6 nitrogen and oxygen atoms in total. The van der Waals surface area contributed by atoms with Crippen molar-refractivity contribution in [1.82, 2.24) is 9.97 Å². The molecule has 0 bridgehead atoms. The van der Waals surface area contributed by atoms with E-state index in [-0.39, 0.29) is 11.2 Å². The van der Waals surface area contributed by atoms with Crippen molar-refractivity contribution in [1.29, 1.82) is 0 Å². The van der Waals surface area contributed by atoms with Gasteiger partial charge in [-0.15, -0.1) is 23.1 Å². The van der Waals surface area contributed by atoms with Gasteiger partial charge >= 0.3 is 0 Å². The van der Waals surface area contributed by atoms with Crippen LogP contribution in [0, 0.1) is 24.0 Å². The number of thiophene rings is 1. The van der Waals surface area contributed by atoms with E-state index in [2.05, 4.69) is 9.97 Å². The molecule has 23 heavy (non-hydrogen) atoms. The Hall–Kier alpha value is -2.19. The van der Waals surface area contributed by atoms with E-state index < -0.39 is 4.92 Å². The highest BCUT2D eigenvalue weighted by Gasteiger charge is 2.15. The molecular formula is C15H13N3O3S2. The van der Waals surface area contributed by atoms with Crippen molar-refractivity contribution in [3.63, 3.8) is 0 Å². The fourth-order valence-corrected chi connectivity index (χ4v) is 4.19. The summed E-state index contributed by atoms with van der Waals surface area (Å²) in [5.41, 5.74) is 0.857. The maximum Gasteiger partial charge on any atom is 0.282 e. The van der Waals surface area contributed by atoms with Gasteiger partial charge in [0.05, 0.1) is 21.0 Å². The molecule has 0 unspecified atom stereocenters. The molecule has 0 saturated heterocycles. The van der Waals surface area contributed by atoms with Gasteiger partial charge in [0.15, 0.2) is 0 Å². The lowest BCUT2D eigenvalue weighted by Crippen LogP contribution is -2.10. The van der Waals surface area contributed by atoms with Crippen molar-refractivity contribution in [3.05, 3.63) is 61.0 Å². The Labute approximate surface area is 139 Å². The third-order valence-electron chi connectivity index (χ3n) is 3.51. The first-order valence-electron chi connectivity index (χ1n) is 6.82. The SMILES string of the molecule is Cc1sc2nc(CSc3ccccc3[N+](=O)[O-])[nH]c(=O)c2c1C. The molecule has 0 aliphatic rings. The molecule has 8 heteroatoms. The van der Waals surface area contributed by atoms with E-state index in [1.807, 2.05) is 13.8 Å². The summed E-state index contributed by atoms with van der Waals surface area (Å²) in [6.45, 7) is 3.87. The van der Waals surface area contributed by atoms with Crippen LogP contribution in [0.4, 0.5) is 5.69 Å². The van der Waals surface area contributed by atoms with Gasteiger partial charge in [0, 0.05) is 10.9 Å². The summed E-state index contributed by atoms with van der Waals surface area (Å²) in [6, 6.07) is 6.54. The van der Waals surface area contributed by atoms with Crippen LogP contribution >= 0.6 is 23.1 Å². The van der Waals surface area contributed by atoms with Crippen LogP contribution in [0.1, 0.15) is 16.3 Å². The molecule has 2 aromatic heterocycles. The second kappa shape index (κ2) is 6.13. The van der Waals surface area contributed by atoms with Gasteiger partial charge in [0.2, 0.25) is 0 Å². The van der Waals surface area contributed by atoms with Crippen molar-refractivity contribution >= 4 is 39.0 Å². The quantitative estimate of drug-likeness (QED) is 0.440. The average Bonchev–Trinajstić information content (AvgIpc) is 2.80. The van der Waals surface area contributed by atoms with Gasteiger partial charge in [-0.3, -0.25) is 14.9 Å². The number of para-hydroxylation sites is 1. The number of nitro benzene ring substituents is 1. The molecule has 3 aromatic rings. The lowest BCUT2D eigenvalue weighted by molar-refractivity contribution is -0.387. The third kappa shape index (κ3) is 2.99. The summed E-state index contributed by atoms with van der Waals surface area (Å²) >= 11 is 2.78. The van der Waals surface area contributed by atoms with Gasteiger partial charge in [0.1, 0.15) is 10.7 Å². The average molecular weight is 347 g/mol. The monoisotopic (exact) mass is 347 g/mol. The number of H-pyrrole nitrogens is 1. The van der Waals surface area contributed by atoms with Gasteiger partial charge in [-0.1, -0.05) is 12.1 Å². The number of nitrogens with zero attached hydrogens (tertiary/aromatic N) is 2. The number of aromatic amines is 1. The number of thioether (sulfide) groups is 1. The minimum Gasteiger partial charge on any atom is -0.309 e. The number of rotatable bonds is 4. The highest BCUT2D eigenvalue weighted by molar-refractivity contribution is 7.98. The van der Waals surface area contributed by atoms with Gasteiger partial charge in [-0.2, -0.15) is 0 Å². The number of hydrogen-bond acceptors (Lipinski definition) is 6. The van der Waals surface area contributed by atoms with Crippen LogP contribution in [-0.2, 0) is 5.75 Å². The van der Waals surface area contributed by atoms with Crippen molar-refractivity contribution in [2.75, 3.05) is 0 Å². The van der Waals surface area contributed by atoms with Crippen molar-refractivity contribution < 1.29 is 4.92 Å².